The van der Waals surface area contributed by atoms with Gasteiger partial charge in [0.05, 0.1) is 18.8 Å². The SMILES string of the molecule is C=C1C(CC/C(C)=C/C=O)[C@@]2(C)C[C@@H](O)C[C@](C)(COC(C)=O)C2C[C@H]1O. The lowest BCUT2D eigenvalue weighted by molar-refractivity contribution is -0.167. The molecule has 0 aromatic heterocycles. The summed E-state index contributed by atoms with van der Waals surface area (Å²) in [7, 11) is 0. The summed E-state index contributed by atoms with van der Waals surface area (Å²) in [6.45, 7) is 12.0. The Morgan fingerprint density at radius 2 is 1.96 bits per heavy atom. The average molecular weight is 379 g/mol. The van der Waals surface area contributed by atoms with Gasteiger partial charge in [-0.2, -0.15) is 0 Å². The van der Waals surface area contributed by atoms with Gasteiger partial charge in [-0.3, -0.25) is 9.59 Å². The normalized spacial score (nSPS) is 39.6. The van der Waals surface area contributed by atoms with Crippen LogP contribution in [0.3, 0.4) is 0 Å². The molecule has 2 N–H and O–H groups in total. The van der Waals surface area contributed by atoms with Gasteiger partial charge < -0.3 is 14.9 Å². The smallest absolute Gasteiger partial charge is 0.302 e. The summed E-state index contributed by atoms with van der Waals surface area (Å²) in [6.07, 6.45) is 4.56. The Bertz CT molecular complexity index is 624. The number of carbonyl (C=O) groups is 2. The van der Waals surface area contributed by atoms with Crippen molar-refractivity contribution in [2.75, 3.05) is 6.61 Å². The van der Waals surface area contributed by atoms with Gasteiger partial charge >= 0.3 is 5.97 Å². The number of allylic oxidation sites excluding steroid dienone is 2. The lowest BCUT2D eigenvalue weighted by atomic mass is 9.45. The molecule has 0 heterocycles. The highest BCUT2D eigenvalue weighted by Crippen LogP contribution is 2.62. The van der Waals surface area contributed by atoms with Gasteiger partial charge in [0.1, 0.15) is 6.29 Å². The van der Waals surface area contributed by atoms with Gasteiger partial charge in [-0.15, -0.1) is 0 Å². The number of esters is 1. The first kappa shape index (κ1) is 21.8. The number of hydrogen-bond donors (Lipinski definition) is 2. The van der Waals surface area contributed by atoms with E-state index in [0.29, 0.717) is 19.3 Å². The maximum atomic E-state index is 11.4. The van der Waals surface area contributed by atoms with Crippen molar-refractivity contribution in [2.24, 2.45) is 22.7 Å². The highest BCUT2D eigenvalue weighted by molar-refractivity contribution is 5.66. The lowest BCUT2D eigenvalue weighted by Crippen LogP contribution is -2.58. The lowest BCUT2D eigenvalue weighted by Gasteiger charge is -2.60. The highest BCUT2D eigenvalue weighted by Gasteiger charge is 2.58. The van der Waals surface area contributed by atoms with E-state index in [0.717, 1.165) is 30.3 Å². The van der Waals surface area contributed by atoms with E-state index in [1.807, 2.05) is 6.92 Å². The number of ether oxygens (including phenoxy) is 1. The van der Waals surface area contributed by atoms with E-state index in [2.05, 4.69) is 20.4 Å². The molecule has 6 atom stereocenters. The molecule has 0 aliphatic heterocycles. The van der Waals surface area contributed by atoms with Crippen molar-refractivity contribution < 1.29 is 24.5 Å². The number of aliphatic hydroxyl groups excluding tert-OH is 2. The molecular formula is C22H34O5. The summed E-state index contributed by atoms with van der Waals surface area (Å²) >= 11 is 0. The molecule has 0 aromatic carbocycles. The third kappa shape index (κ3) is 4.52. The van der Waals surface area contributed by atoms with Crippen molar-refractivity contribution in [1.82, 2.24) is 0 Å². The molecule has 0 radical (unpaired) electrons. The van der Waals surface area contributed by atoms with Crippen LogP contribution in [0.4, 0.5) is 0 Å². The number of aliphatic hydroxyl groups is 2. The number of aldehydes is 1. The molecule has 2 aliphatic carbocycles. The first-order valence-corrected chi connectivity index (χ1v) is 9.82. The molecule has 152 valence electrons. The number of rotatable bonds is 6. The van der Waals surface area contributed by atoms with Crippen molar-refractivity contribution >= 4 is 12.3 Å². The van der Waals surface area contributed by atoms with E-state index in [4.69, 9.17) is 4.74 Å². The third-order valence-electron chi connectivity index (χ3n) is 6.93. The molecule has 2 fully saturated rings. The molecule has 2 unspecified atom stereocenters. The zero-order valence-corrected chi connectivity index (χ0v) is 17.0. The molecule has 5 heteroatoms. The predicted molar refractivity (Wildman–Crippen MR) is 104 cm³/mol. The van der Waals surface area contributed by atoms with E-state index in [1.165, 1.54) is 6.92 Å². The molecule has 27 heavy (non-hydrogen) atoms. The topological polar surface area (TPSA) is 83.8 Å². The monoisotopic (exact) mass is 378 g/mol. The Hall–Kier alpha value is -1.46. The standard InChI is InChI=1S/C22H34O5/c1-14(8-9-23)6-7-18-15(2)19(26)10-20-21(4,13-27-16(3)24)11-17(25)12-22(18,20)5/h8-9,17-20,25-26H,2,6-7,10-13H2,1,3-5H3/b14-8+/t17-,18?,19+,20?,21+,22+/m0/s1. The molecule has 0 saturated heterocycles. The molecule has 2 rings (SSSR count). The Labute approximate surface area is 162 Å². The zero-order chi connectivity index (χ0) is 20.4. The van der Waals surface area contributed by atoms with Crippen molar-refractivity contribution in [1.29, 1.82) is 0 Å². The zero-order valence-electron chi connectivity index (χ0n) is 17.0. The van der Waals surface area contributed by atoms with Crippen molar-refractivity contribution in [3.63, 3.8) is 0 Å². The van der Waals surface area contributed by atoms with E-state index in [-0.39, 0.29) is 29.8 Å². The van der Waals surface area contributed by atoms with Gasteiger partial charge in [0.2, 0.25) is 0 Å². The second kappa shape index (κ2) is 8.27. The minimum Gasteiger partial charge on any atom is -0.465 e. The van der Waals surface area contributed by atoms with Gasteiger partial charge in [0.25, 0.3) is 0 Å². The third-order valence-corrected chi connectivity index (χ3v) is 6.93. The van der Waals surface area contributed by atoms with Gasteiger partial charge in [-0.25, -0.2) is 0 Å². The fourth-order valence-electron chi connectivity index (χ4n) is 5.68. The van der Waals surface area contributed by atoms with Crippen LogP contribution in [0.25, 0.3) is 0 Å². The fourth-order valence-corrected chi connectivity index (χ4v) is 5.68. The van der Waals surface area contributed by atoms with Crippen LogP contribution in [-0.4, -0.2) is 41.3 Å². The predicted octanol–water partition coefficient (Wildman–Crippen LogP) is 3.20. The Morgan fingerprint density at radius 3 is 2.56 bits per heavy atom. The minimum absolute atomic E-state index is 0.0351. The highest BCUT2D eigenvalue weighted by atomic mass is 16.5. The average Bonchev–Trinajstić information content (AvgIpc) is 2.55. The number of fused-ring (bicyclic) bond motifs is 1. The molecule has 0 spiro atoms. The summed E-state index contributed by atoms with van der Waals surface area (Å²) in [5.41, 5.74) is 1.17. The van der Waals surface area contributed by atoms with Crippen LogP contribution < -0.4 is 0 Å². The molecule has 5 nitrogen and oxygen atoms in total. The van der Waals surface area contributed by atoms with Crippen LogP contribution in [0.2, 0.25) is 0 Å². The Balaban J connectivity index is 2.35. The van der Waals surface area contributed by atoms with Crippen LogP contribution >= 0.6 is 0 Å². The van der Waals surface area contributed by atoms with Gasteiger partial charge in [-0.1, -0.05) is 26.0 Å². The maximum absolute atomic E-state index is 11.4. The molecule has 2 saturated carbocycles. The second-order valence-electron chi connectivity index (χ2n) is 9.12. The van der Waals surface area contributed by atoms with Crippen molar-refractivity contribution in [3.8, 4) is 0 Å². The van der Waals surface area contributed by atoms with Gasteiger partial charge in [0, 0.05) is 12.3 Å². The molecule has 0 amide bonds. The molecular weight excluding hydrogens is 344 g/mol. The summed E-state index contributed by atoms with van der Waals surface area (Å²) in [5, 5.41) is 21.4. The summed E-state index contributed by atoms with van der Waals surface area (Å²) in [6, 6.07) is 0. The van der Waals surface area contributed by atoms with Gasteiger partial charge in [0.15, 0.2) is 0 Å². The molecule has 2 aliphatic rings. The first-order chi connectivity index (χ1) is 12.5. The molecule has 0 bridgehead atoms. The van der Waals surface area contributed by atoms with Crippen LogP contribution in [0.15, 0.2) is 23.8 Å². The summed E-state index contributed by atoms with van der Waals surface area (Å²) in [4.78, 5) is 22.1. The maximum Gasteiger partial charge on any atom is 0.302 e. The van der Waals surface area contributed by atoms with Crippen LogP contribution in [0, 0.1) is 22.7 Å². The van der Waals surface area contributed by atoms with E-state index in [1.54, 1.807) is 6.08 Å². The quantitative estimate of drug-likeness (QED) is 0.321. The Kier molecular flexibility index (Phi) is 6.69. The summed E-state index contributed by atoms with van der Waals surface area (Å²) < 4.78 is 5.35. The minimum atomic E-state index is -0.602. The fraction of sp³-hybridized carbons (Fsp3) is 0.727. The largest absolute Gasteiger partial charge is 0.465 e. The number of hydrogen-bond acceptors (Lipinski definition) is 5. The summed E-state index contributed by atoms with van der Waals surface area (Å²) in [5.74, 6) is -0.189. The van der Waals surface area contributed by atoms with E-state index < -0.39 is 17.6 Å². The Morgan fingerprint density at radius 1 is 1.30 bits per heavy atom. The van der Waals surface area contributed by atoms with Crippen LogP contribution in [0.1, 0.15) is 59.8 Å². The second-order valence-corrected chi connectivity index (χ2v) is 9.12. The van der Waals surface area contributed by atoms with E-state index >= 15 is 0 Å². The van der Waals surface area contributed by atoms with Gasteiger partial charge in [-0.05, 0) is 67.9 Å². The van der Waals surface area contributed by atoms with E-state index in [9.17, 15) is 19.8 Å². The van der Waals surface area contributed by atoms with Crippen LogP contribution in [0.5, 0.6) is 0 Å². The molecule has 0 aromatic rings. The van der Waals surface area contributed by atoms with Crippen LogP contribution in [-0.2, 0) is 14.3 Å². The van der Waals surface area contributed by atoms with Crippen molar-refractivity contribution in [2.45, 2.75) is 72.0 Å². The van der Waals surface area contributed by atoms with Crippen molar-refractivity contribution in [3.05, 3.63) is 23.8 Å². The first-order valence-electron chi connectivity index (χ1n) is 9.82. The number of carbonyl (C=O) groups excluding carboxylic acids is 2.